The number of nitrogens with one attached hydrogen (secondary N) is 1. The molecule has 3 rings (SSSR count). The Kier molecular flexibility index (Phi) is 6.38. The van der Waals surface area contributed by atoms with Crippen molar-refractivity contribution in [1.29, 1.82) is 0 Å². The zero-order valence-electron chi connectivity index (χ0n) is 15.7. The Balaban J connectivity index is 1.77. The number of imidazole rings is 1. The Morgan fingerprint density at radius 3 is 2.55 bits per heavy atom. The Hall–Kier alpha value is -3.07. The average molecular weight is 407 g/mol. The third-order valence-electron chi connectivity index (χ3n) is 4.10. The van der Waals surface area contributed by atoms with E-state index < -0.39 is 18.0 Å². The number of aryl methyl sites for hydroxylation is 1. The molecule has 1 aromatic heterocycles. The second-order valence-electron chi connectivity index (χ2n) is 6.15. The highest BCUT2D eigenvalue weighted by Crippen LogP contribution is 2.24. The van der Waals surface area contributed by atoms with Crippen LogP contribution < -0.4 is 10.1 Å². The fourth-order valence-corrected chi connectivity index (χ4v) is 2.85. The van der Waals surface area contributed by atoms with Gasteiger partial charge < -0.3 is 14.0 Å². The summed E-state index contributed by atoms with van der Waals surface area (Å²) in [5.41, 5.74) is 1.79. The molecule has 3 aromatic rings. The van der Waals surface area contributed by atoms with Gasteiger partial charge in [0, 0.05) is 25.3 Å². The predicted molar refractivity (Wildman–Crippen MR) is 102 cm³/mol. The van der Waals surface area contributed by atoms with E-state index in [0.717, 1.165) is 29.6 Å². The molecule has 0 unspecified atom stereocenters. The van der Waals surface area contributed by atoms with Gasteiger partial charge in [0.15, 0.2) is 0 Å². The van der Waals surface area contributed by atoms with Crippen LogP contribution in [0.25, 0.3) is 11.0 Å². The normalized spacial score (nSPS) is 11.6. The van der Waals surface area contributed by atoms with Gasteiger partial charge in [-0.05, 0) is 49.7 Å². The fraction of sp³-hybridized carbons (Fsp3) is 0.300. The number of alkyl halides is 3. The Morgan fingerprint density at radius 1 is 1.14 bits per heavy atom. The van der Waals surface area contributed by atoms with Crippen LogP contribution in [0.3, 0.4) is 0 Å². The lowest BCUT2D eigenvalue weighted by molar-refractivity contribution is -0.274. The summed E-state index contributed by atoms with van der Waals surface area (Å²) in [7, 11) is 0. The van der Waals surface area contributed by atoms with Crippen molar-refractivity contribution in [1.82, 2.24) is 9.55 Å². The van der Waals surface area contributed by atoms with E-state index in [1.54, 1.807) is 0 Å². The minimum absolute atomic E-state index is 0.187. The van der Waals surface area contributed by atoms with E-state index in [0.29, 0.717) is 25.7 Å². The van der Waals surface area contributed by atoms with Crippen molar-refractivity contribution in [2.45, 2.75) is 26.3 Å². The smallest absolute Gasteiger partial charge is 0.406 e. The SMILES string of the molecule is CCOCCCn1c(NC(=O)c2ccc(OC(F)(F)F)cc2)nc2ccccc21. The molecule has 0 atom stereocenters. The van der Waals surface area contributed by atoms with Gasteiger partial charge in [-0.1, -0.05) is 12.1 Å². The molecule has 1 heterocycles. The zero-order valence-corrected chi connectivity index (χ0v) is 15.7. The van der Waals surface area contributed by atoms with Gasteiger partial charge in [-0.25, -0.2) is 4.98 Å². The van der Waals surface area contributed by atoms with Crippen LogP contribution in [0.15, 0.2) is 48.5 Å². The van der Waals surface area contributed by atoms with Crippen molar-refractivity contribution in [3.63, 3.8) is 0 Å². The van der Waals surface area contributed by atoms with Crippen molar-refractivity contribution >= 4 is 22.9 Å². The summed E-state index contributed by atoms with van der Waals surface area (Å²) in [4.78, 5) is 17.0. The number of amides is 1. The predicted octanol–water partition coefficient (Wildman–Crippen LogP) is 4.61. The van der Waals surface area contributed by atoms with Gasteiger partial charge in [0.2, 0.25) is 5.95 Å². The van der Waals surface area contributed by atoms with E-state index in [1.165, 1.54) is 12.1 Å². The lowest BCUT2D eigenvalue weighted by Gasteiger charge is -2.11. The summed E-state index contributed by atoms with van der Waals surface area (Å²) in [6, 6.07) is 12.2. The molecule has 0 aliphatic heterocycles. The number of carbonyl (C=O) groups excluding carboxylic acids is 1. The second-order valence-corrected chi connectivity index (χ2v) is 6.15. The molecule has 2 aromatic carbocycles. The number of fused-ring (bicyclic) bond motifs is 1. The molecule has 0 saturated carbocycles. The molecule has 0 aliphatic carbocycles. The highest BCUT2D eigenvalue weighted by Gasteiger charge is 2.31. The number of aromatic nitrogens is 2. The summed E-state index contributed by atoms with van der Waals surface area (Å²) in [5, 5.41) is 2.73. The first-order valence-corrected chi connectivity index (χ1v) is 9.07. The largest absolute Gasteiger partial charge is 0.573 e. The summed E-state index contributed by atoms with van der Waals surface area (Å²) in [6.07, 6.45) is -4.04. The quantitative estimate of drug-likeness (QED) is 0.554. The number of anilines is 1. The van der Waals surface area contributed by atoms with Gasteiger partial charge in [-0.2, -0.15) is 0 Å². The maximum atomic E-state index is 12.6. The van der Waals surface area contributed by atoms with Gasteiger partial charge in [0.05, 0.1) is 11.0 Å². The first kappa shape index (κ1) is 20.7. The molecule has 1 N–H and O–H groups in total. The first-order chi connectivity index (χ1) is 13.9. The molecule has 0 spiro atoms. The molecule has 1 amide bonds. The number of hydrogen-bond acceptors (Lipinski definition) is 4. The number of ether oxygens (including phenoxy) is 2. The molecule has 0 saturated heterocycles. The van der Waals surface area contributed by atoms with Crippen molar-refractivity contribution in [2.24, 2.45) is 0 Å². The number of nitrogens with zero attached hydrogens (tertiary/aromatic N) is 2. The molecule has 0 bridgehead atoms. The van der Waals surface area contributed by atoms with Crippen molar-refractivity contribution in [3.8, 4) is 5.75 Å². The Bertz CT molecular complexity index is 969. The van der Waals surface area contributed by atoms with E-state index in [-0.39, 0.29) is 5.56 Å². The number of benzene rings is 2. The van der Waals surface area contributed by atoms with E-state index in [4.69, 9.17) is 4.74 Å². The van der Waals surface area contributed by atoms with Crippen LogP contribution in [0.5, 0.6) is 5.75 Å². The highest BCUT2D eigenvalue weighted by atomic mass is 19.4. The summed E-state index contributed by atoms with van der Waals surface area (Å²) >= 11 is 0. The monoisotopic (exact) mass is 407 g/mol. The number of para-hydroxylation sites is 2. The van der Waals surface area contributed by atoms with Gasteiger partial charge >= 0.3 is 6.36 Å². The van der Waals surface area contributed by atoms with E-state index in [1.807, 2.05) is 35.8 Å². The topological polar surface area (TPSA) is 65.4 Å². The fourth-order valence-electron chi connectivity index (χ4n) is 2.85. The highest BCUT2D eigenvalue weighted by molar-refractivity contribution is 6.04. The molecule has 0 aliphatic rings. The first-order valence-electron chi connectivity index (χ1n) is 9.07. The molecule has 154 valence electrons. The molecule has 0 radical (unpaired) electrons. The number of carbonyl (C=O) groups is 1. The van der Waals surface area contributed by atoms with Crippen LogP contribution in [0, 0.1) is 0 Å². The molecule has 6 nitrogen and oxygen atoms in total. The van der Waals surface area contributed by atoms with Crippen LogP contribution in [0.1, 0.15) is 23.7 Å². The van der Waals surface area contributed by atoms with Gasteiger partial charge in [0.1, 0.15) is 5.75 Å². The van der Waals surface area contributed by atoms with Gasteiger partial charge in [-0.3, -0.25) is 10.1 Å². The summed E-state index contributed by atoms with van der Waals surface area (Å²) in [6.45, 7) is 3.72. The maximum absolute atomic E-state index is 12.6. The number of hydrogen-bond donors (Lipinski definition) is 1. The minimum atomic E-state index is -4.78. The number of rotatable bonds is 8. The Labute approximate surface area is 165 Å². The lowest BCUT2D eigenvalue weighted by Crippen LogP contribution is -2.18. The molecule has 0 fully saturated rings. The summed E-state index contributed by atoms with van der Waals surface area (Å²) < 4.78 is 47.9. The standard InChI is InChI=1S/C20H20F3N3O3/c1-2-28-13-5-12-26-17-7-4-3-6-16(17)24-19(26)25-18(27)14-8-10-15(11-9-14)29-20(21,22)23/h3-4,6-11H,2,5,12-13H2,1H3,(H,24,25,27). The van der Waals surface area contributed by atoms with E-state index in [9.17, 15) is 18.0 Å². The molecule has 9 heteroatoms. The van der Waals surface area contributed by atoms with Crippen LogP contribution >= 0.6 is 0 Å². The van der Waals surface area contributed by atoms with Crippen LogP contribution in [-0.4, -0.2) is 35.0 Å². The zero-order chi connectivity index (χ0) is 20.9. The molecule has 29 heavy (non-hydrogen) atoms. The van der Waals surface area contributed by atoms with Crippen LogP contribution in [0.2, 0.25) is 0 Å². The summed E-state index contributed by atoms with van der Waals surface area (Å²) in [5.74, 6) is -0.509. The second kappa shape index (κ2) is 8.95. The maximum Gasteiger partial charge on any atom is 0.573 e. The minimum Gasteiger partial charge on any atom is -0.406 e. The van der Waals surface area contributed by atoms with Crippen molar-refractivity contribution < 1.29 is 27.4 Å². The third kappa shape index (κ3) is 5.47. The van der Waals surface area contributed by atoms with Crippen molar-refractivity contribution in [2.75, 3.05) is 18.5 Å². The number of halogens is 3. The lowest BCUT2D eigenvalue weighted by atomic mass is 10.2. The van der Waals surface area contributed by atoms with E-state index in [2.05, 4.69) is 15.0 Å². The molecular formula is C20H20F3N3O3. The third-order valence-corrected chi connectivity index (χ3v) is 4.10. The van der Waals surface area contributed by atoms with Crippen molar-refractivity contribution in [3.05, 3.63) is 54.1 Å². The van der Waals surface area contributed by atoms with Gasteiger partial charge in [-0.15, -0.1) is 13.2 Å². The average Bonchev–Trinajstić information content (AvgIpc) is 3.01. The Morgan fingerprint density at radius 2 is 1.86 bits per heavy atom. The van der Waals surface area contributed by atoms with Gasteiger partial charge in [0.25, 0.3) is 5.91 Å². The van der Waals surface area contributed by atoms with Crippen LogP contribution in [0.4, 0.5) is 19.1 Å². The van der Waals surface area contributed by atoms with E-state index >= 15 is 0 Å². The van der Waals surface area contributed by atoms with Crippen LogP contribution in [-0.2, 0) is 11.3 Å². The molecular weight excluding hydrogens is 387 g/mol.